The van der Waals surface area contributed by atoms with E-state index in [0.29, 0.717) is 0 Å². The number of benzene rings is 1. The van der Waals surface area contributed by atoms with Gasteiger partial charge in [-0.3, -0.25) is 0 Å². The predicted molar refractivity (Wildman–Crippen MR) is 75.1 cm³/mol. The lowest BCUT2D eigenvalue weighted by molar-refractivity contribution is 0.416. The van der Waals surface area contributed by atoms with Crippen molar-refractivity contribution in [2.24, 2.45) is 0 Å². The van der Waals surface area contributed by atoms with Crippen LogP contribution in [-0.2, 0) is 6.42 Å². The highest BCUT2D eigenvalue weighted by atomic mass is 15.2. The topological polar surface area (TPSA) is 18.5 Å². The highest BCUT2D eigenvalue weighted by Crippen LogP contribution is 2.26. The lowest BCUT2D eigenvalue weighted by Crippen LogP contribution is -2.28. The Morgan fingerprint density at radius 1 is 1.18 bits per heavy atom. The fourth-order valence-corrected chi connectivity index (χ4v) is 2.17. The highest BCUT2D eigenvalue weighted by molar-refractivity contribution is 5.63. The van der Waals surface area contributed by atoms with Gasteiger partial charge < -0.3 is 15.1 Å². The third kappa shape index (κ3) is 3.13. The maximum Gasteiger partial charge on any atom is 0.0393 e. The quantitative estimate of drug-likeness (QED) is 0.858. The van der Waals surface area contributed by atoms with Gasteiger partial charge in [0.1, 0.15) is 0 Å². The number of hydrogen-bond acceptors (Lipinski definition) is 3. The summed E-state index contributed by atoms with van der Waals surface area (Å²) in [6.45, 7) is 3.25. The van der Waals surface area contributed by atoms with Gasteiger partial charge in [-0.25, -0.2) is 0 Å². The van der Waals surface area contributed by atoms with E-state index in [1.165, 1.54) is 29.8 Å². The van der Waals surface area contributed by atoms with Crippen LogP contribution in [0.15, 0.2) is 18.2 Å². The second kappa shape index (κ2) is 5.41. The van der Waals surface area contributed by atoms with Crippen LogP contribution in [0, 0.1) is 0 Å². The Hall–Kier alpha value is -1.22. The van der Waals surface area contributed by atoms with Crippen LogP contribution in [0.4, 0.5) is 11.4 Å². The SMILES string of the molecule is CN(C)CCN(C)c1ccc2c(c1)NCCC2. The van der Waals surface area contributed by atoms with Gasteiger partial charge in [-0.2, -0.15) is 0 Å². The summed E-state index contributed by atoms with van der Waals surface area (Å²) < 4.78 is 0. The lowest BCUT2D eigenvalue weighted by Gasteiger charge is -2.24. The van der Waals surface area contributed by atoms with Gasteiger partial charge >= 0.3 is 0 Å². The molecule has 0 aromatic heterocycles. The molecule has 0 unspecified atom stereocenters. The summed E-state index contributed by atoms with van der Waals surface area (Å²) in [6, 6.07) is 6.79. The summed E-state index contributed by atoms with van der Waals surface area (Å²) in [5.41, 5.74) is 4.09. The number of hydrogen-bond donors (Lipinski definition) is 1. The molecule has 0 bridgehead atoms. The van der Waals surface area contributed by atoms with Crippen molar-refractivity contribution in [1.29, 1.82) is 0 Å². The third-order valence-corrected chi connectivity index (χ3v) is 3.36. The average molecular weight is 233 g/mol. The standard InChI is InChI=1S/C14H23N3/c1-16(2)9-10-17(3)13-7-6-12-5-4-8-15-14(12)11-13/h6-7,11,15H,4-5,8-10H2,1-3H3. The van der Waals surface area contributed by atoms with E-state index < -0.39 is 0 Å². The summed E-state index contributed by atoms with van der Waals surface area (Å²) in [7, 11) is 6.39. The second-order valence-corrected chi connectivity index (χ2v) is 5.10. The van der Waals surface area contributed by atoms with Crippen molar-refractivity contribution in [2.75, 3.05) is 51.0 Å². The number of likely N-dealkylation sites (N-methyl/N-ethyl adjacent to an activating group) is 2. The Labute approximate surface area is 104 Å². The molecule has 1 heterocycles. The third-order valence-electron chi connectivity index (χ3n) is 3.36. The first kappa shape index (κ1) is 12.2. The zero-order valence-electron chi connectivity index (χ0n) is 11.2. The zero-order valence-corrected chi connectivity index (χ0v) is 11.2. The fourth-order valence-electron chi connectivity index (χ4n) is 2.17. The summed E-state index contributed by atoms with van der Waals surface area (Å²) >= 11 is 0. The molecule has 1 N–H and O–H groups in total. The van der Waals surface area contributed by atoms with E-state index in [1.807, 2.05) is 0 Å². The van der Waals surface area contributed by atoms with Crippen LogP contribution in [-0.4, -0.2) is 45.7 Å². The molecule has 0 amide bonds. The van der Waals surface area contributed by atoms with Crippen LogP contribution in [0.3, 0.4) is 0 Å². The molecule has 0 aliphatic carbocycles. The molecule has 17 heavy (non-hydrogen) atoms. The second-order valence-electron chi connectivity index (χ2n) is 5.10. The maximum absolute atomic E-state index is 3.49. The molecule has 0 fully saturated rings. The molecule has 3 nitrogen and oxygen atoms in total. The van der Waals surface area contributed by atoms with Crippen LogP contribution < -0.4 is 10.2 Å². The molecular formula is C14H23N3. The Kier molecular flexibility index (Phi) is 3.89. The first-order chi connectivity index (χ1) is 8.16. The molecule has 2 rings (SSSR count). The summed E-state index contributed by atoms with van der Waals surface area (Å²) in [5, 5.41) is 3.49. The summed E-state index contributed by atoms with van der Waals surface area (Å²) in [5.74, 6) is 0. The molecule has 1 aliphatic heterocycles. The summed E-state index contributed by atoms with van der Waals surface area (Å²) in [6.07, 6.45) is 2.47. The van der Waals surface area contributed by atoms with Crippen LogP contribution in [0.25, 0.3) is 0 Å². The highest BCUT2D eigenvalue weighted by Gasteiger charge is 2.10. The molecule has 1 aromatic carbocycles. The predicted octanol–water partition coefficient (Wildman–Crippen LogP) is 2.04. The van der Waals surface area contributed by atoms with Crippen molar-refractivity contribution in [2.45, 2.75) is 12.8 Å². The van der Waals surface area contributed by atoms with Crippen LogP contribution >= 0.6 is 0 Å². The number of rotatable bonds is 4. The van der Waals surface area contributed by atoms with Gasteiger partial charge in [-0.05, 0) is 44.6 Å². The van der Waals surface area contributed by atoms with Gasteiger partial charge in [0.15, 0.2) is 0 Å². The largest absolute Gasteiger partial charge is 0.385 e. The van der Waals surface area contributed by atoms with E-state index in [-0.39, 0.29) is 0 Å². The Morgan fingerprint density at radius 3 is 2.76 bits per heavy atom. The van der Waals surface area contributed by atoms with Gasteiger partial charge in [-0.15, -0.1) is 0 Å². The van der Waals surface area contributed by atoms with Gasteiger partial charge in [-0.1, -0.05) is 6.07 Å². The molecule has 0 saturated carbocycles. The Balaban J connectivity index is 2.05. The van der Waals surface area contributed by atoms with E-state index in [4.69, 9.17) is 0 Å². The molecule has 0 atom stereocenters. The normalized spacial score (nSPS) is 14.4. The smallest absolute Gasteiger partial charge is 0.0393 e. The minimum Gasteiger partial charge on any atom is -0.385 e. The number of fused-ring (bicyclic) bond motifs is 1. The molecule has 3 heteroatoms. The molecule has 0 saturated heterocycles. The Bertz CT molecular complexity index is 374. The first-order valence-electron chi connectivity index (χ1n) is 6.39. The van der Waals surface area contributed by atoms with Gasteiger partial charge in [0, 0.05) is 38.1 Å². The number of nitrogens with one attached hydrogen (secondary N) is 1. The average Bonchev–Trinajstić information content (AvgIpc) is 2.35. The molecule has 0 radical (unpaired) electrons. The van der Waals surface area contributed by atoms with Gasteiger partial charge in [0.05, 0.1) is 0 Å². The van der Waals surface area contributed by atoms with Crippen LogP contribution in [0.5, 0.6) is 0 Å². The lowest BCUT2D eigenvalue weighted by atomic mass is 10.0. The number of anilines is 2. The molecule has 1 aliphatic rings. The van der Waals surface area contributed by atoms with Crippen molar-refractivity contribution < 1.29 is 0 Å². The van der Waals surface area contributed by atoms with Crippen molar-refractivity contribution in [3.63, 3.8) is 0 Å². The fraction of sp³-hybridized carbons (Fsp3) is 0.571. The van der Waals surface area contributed by atoms with Gasteiger partial charge in [0.2, 0.25) is 0 Å². The van der Waals surface area contributed by atoms with Crippen molar-refractivity contribution in [1.82, 2.24) is 4.90 Å². The van der Waals surface area contributed by atoms with Gasteiger partial charge in [0.25, 0.3) is 0 Å². The molecule has 94 valence electrons. The van der Waals surface area contributed by atoms with Crippen molar-refractivity contribution >= 4 is 11.4 Å². The van der Waals surface area contributed by atoms with Crippen LogP contribution in [0.1, 0.15) is 12.0 Å². The summed E-state index contributed by atoms with van der Waals surface area (Å²) in [4.78, 5) is 4.53. The van der Waals surface area contributed by atoms with Crippen LogP contribution in [0.2, 0.25) is 0 Å². The minimum atomic E-state index is 1.06. The molecular weight excluding hydrogens is 210 g/mol. The minimum absolute atomic E-state index is 1.06. The van der Waals surface area contributed by atoms with Crippen molar-refractivity contribution in [3.05, 3.63) is 23.8 Å². The van der Waals surface area contributed by atoms with E-state index in [0.717, 1.165) is 19.6 Å². The van der Waals surface area contributed by atoms with E-state index in [2.05, 4.69) is 54.5 Å². The molecule has 1 aromatic rings. The Morgan fingerprint density at radius 2 is 2.00 bits per heavy atom. The van der Waals surface area contributed by atoms with Crippen molar-refractivity contribution in [3.8, 4) is 0 Å². The molecule has 0 spiro atoms. The number of aryl methyl sites for hydroxylation is 1. The zero-order chi connectivity index (χ0) is 12.3. The van der Waals surface area contributed by atoms with E-state index >= 15 is 0 Å². The van der Waals surface area contributed by atoms with E-state index in [1.54, 1.807) is 0 Å². The van der Waals surface area contributed by atoms with E-state index in [9.17, 15) is 0 Å². The first-order valence-corrected chi connectivity index (χ1v) is 6.39. The monoisotopic (exact) mass is 233 g/mol. The number of nitrogens with zero attached hydrogens (tertiary/aromatic N) is 2. The maximum atomic E-state index is 3.49.